The summed E-state index contributed by atoms with van der Waals surface area (Å²) >= 11 is 0.294. The van der Waals surface area contributed by atoms with Crippen LogP contribution in [-0.4, -0.2) is 94.5 Å². The van der Waals surface area contributed by atoms with Crippen molar-refractivity contribution in [2.75, 3.05) is 24.9 Å². The molecule has 4 heterocycles. The minimum absolute atomic E-state index is 0.190. The second-order valence-electron chi connectivity index (χ2n) is 12.7. The van der Waals surface area contributed by atoms with Crippen molar-refractivity contribution in [3.63, 3.8) is 0 Å². The second kappa shape index (κ2) is 18.6. The monoisotopic (exact) mass is 911 g/mol. The Balaban J connectivity index is 0.000000239. The highest BCUT2D eigenvalue weighted by atomic mass is 32.2. The molecule has 0 aliphatic carbocycles. The quantitative estimate of drug-likeness (QED) is 0.145. The lowest BCUT2D eigenvalue weighted by Gasteiger charge is -2.09. The summed E-state index contributed by atoms with van der Waals surface area (Å²) in [5, 5.41) is 9.69. The number of aromatic nitrogens is 6. The molecule has 0 aliphatic rings. The zero-order valence-corrected chi connectivity index (χ0v) is 36.0. The number of benzene rings is 2. The summed E-state index contributed by atoms with van der Waals surface area (Å²) in [6, 6.07) is 12.2. The van der Waals surface area contributed by atoms with Crippen molar-refractivity contribution in [3.8, 4) is 11.4 Å². The summed E-state index contributed by atoms with van der Waals surface area (Å²) in [6.45, 7) is 3.30. The molecule has 0 fully saturated rings. The van der Waals surface area contributed by atoms with Gasteiger partial charge in [0.2, 0.25) is 0 Å². The summed E-state index contributed by atoms with van der Waals surface area (Å²) in [5.41, 5.74) is 0.0585. The van der Waals surface area contributed by atoms with Gasteiger partial charge in [-0.15, -0.1) is 0 Å². The van der Waals surface area contributed by atoms with Crippen molar-refractivity contribution >= 4 is 85.9 Å². The average molecular weight is 912 g/mol. The number of fused-ring (bicyclic) bond motifs is 2. The number of hydrogen-bond donors (Lipinski definition) is 1. The molecule has 1 atom stereocenters. The van der Waals surface area contributed by atoms with Gasteiger partial charge in [0.25, 0.3) is 11.1 Å². The zero-order chi connectivity index (χ0) is 44.1. The van der Waals surface area contributed by atoms with E-state index < -0.39 is 88.2 Å². The number of aryl methyl sites for hydroxylation is 2. The molecule has 4 aromatic heterocycles. The topological polar surface area (TPSA) is 286 Å². The van der Waals surface area contributed by atoms with E-state index in [4.69, 9.17) is 13.9 Å². The van der Waals surface area contributed by atoms with Crippen LogP contribution < -0.4 is 22.5 Å². The maximum absolute atomic E-state index is 12.5. The number of carbonyl (C=O) groups excluding carboxylic acids is 1. The van der Waals surface area contributed by atoms with Gasteiger partial charge in [-0.2, -0.15) is 8.75 Å². The van der Waals surface area contributed by atoms with Crippen LogP contribution >= 0.6 is 23.1 Å². The number of hydrogen-bond acceptors (Lipinski definition) is 17. The van der Waals surface area contributed by atoms with Gasteiger partial charge in [-0.3, -0.25) is 23.4 Å². The second-order valence-corrected chi connectivity index (χ2v) is 19.2. The highest BCUT2D eigenvalue weighted by Gasteiger charge is 2.23. The number of rotatable bonds is 10. The Morgan fingerprint density at radius 1 is 0.746 bits per heavy atom. The predicted molar refractivity (Wildman–Crippen MR) is 220 cm³/mol. The van der Waals surface area contributed by atoms with Gasteiger partial charge in [0.05, 0.1) is 50.8 Å². The van der Waals surface area contributed by atoms with E-state index in [2.05, 4.69) is 13.5 Å². The molecule has 0 amide bonds. The molecule has 0 bridgehead atoms. The lowest BCUT2D eigenvalue weighted by molar-refractivity contribution is -0.137. The average Bonchev–Trinajstić information content (AvgIpc) is 3.71. The Morgan fingerprint density at radius 2 is 1.12 bits per heavy atom. The maximum Gasteiger partial charge on any atom is 0.335 e. The molecule has 2 aromatic carbocycles. The smallest absolute Gasteiger partial charge is 0.335 e. The molecule has 20 nitrogen and oxygen atoms in total. The molecule has 316 valence electrons. The molecule has 0 saturated heterocycles. The van der Waals surface area contributed by atoms with Gasteiger partial charge in [-0.05, 0) is 79.6 Å². The number of esters is 1. The van der Waals surface area contributed by atoms with Crippen LogP contribution in [0, 0.1) is 13.8 Å². The fraction of sp³-hybridized carbons (Fsp3) is 0.294. The minimum Gasteiger partial charge on any atom is -0.773 e. The lowest BCUT2D eigenvalue weighted by Crippen LogP contribution is -2.38. The van der Waals surface area contributed by atoms with Gasteiger partial charge in [0.1, 0.15) is 11.5 Å². The van der Waals surface area contributed by atoms with Gasteiger partial charge < -0.3 is 23.5 Å². The van der Waals surface area contributed by atoms with Gasteiger partial charge >= 0.3 is 23.3 Å². The number of carboxylic acid groups (broad SMARTS) is 1. The van der Waals surface area contributed by atoms with Gasteiger partial charge in [0, 0.05) is 48.4 Å². The van der Waals surface area contributed by atoms with Crippen LogP contribution in [0.4, 0.5) is 0 Å². The van der Waals surface area contributed by atoms with E-state index in [9.17, 15) is 45.6 Å². The van der Waals surface area contributed by atoms with Gasteiger partial charge in [-0.1, -0.05) is 11.1 Å². The number of methoxy groups -OCH3 is 1. The van der Waals surface area contributed by atoms with E-state index >= 15 is 0 Å². The lowest BCUT2D eigenvalue weighted by atomic mass is 10.2. The largest absolute Gasteiger partial charge is 0.773 e. The van der Waals surface area contributed by atoms with Crippen molar-refractivity contribution in [2.24, 2.45) is 14.1 Å². The number of sulfone groups is 2. The van der Waals surface area contributed by atoms with Crippen molar-refractivity contribution < 1.29 is 45.0 Å². The molecule has 6 rings (SSSR count). The standard InChI is InChI=1S/C17H17N3O6S2.C16H15N3O6S2.CH4O2S/c1-10-6-15(21)20(17(23)19(10)2)11-4-5-14-12(7-11)13(18-27-14)8-28(24,25)9-16(22)26-3;1-9-5-14(20)19(16(23)18(9)2)10-3-4-13-11(6-10)12(17-26-13)7-27(24,25)8-15(21)22;1-4(2)3/h4-7H,8-9H2,1-3H3;3-6H,7-8H2,1-2H3,(H,21,22);1H3,(H,2,3)/p-1. The van der Waals surface area contributed by atoms with Crippen LogP contribution in [0.5, 0.6) is 0 Å². The summed E-state index contributed by atoms with van der Waals surface area (Å²) < 4.78 is 85.1. The Kier molecular flexibility index (Phi) is 14.6. The molecule has 0 spiro atoms. The predicted octanol–water partition coefficient (Wildman–Crippen LogP) is 0.491. The number of carboxylic acids is 1. The Bertz CT molecular complexity index is 3100. The van der Waals surface area contributed by atoms with Crippen LogP contribution in [-0.2, 0) is 70.7 Å². The third-order valence-electron chi connectivity index (χ3n) is 8.32. The maximum atomic E-state index is 12.5. The third kappa shape index (κ3) is 11.4. The highest BCUT2D eigenvalue weighted by Crippen LogP contribution is 2.28. The summed E-state index contributed by atoms with van der Waals surface area (Å²) in [6.07, 6.45) is 1.08. The van der Waals surface area contributed by atoms with Crippen molar-refractivity contribution in [1.29, 1.82) is 0 Å². The molecule has 1 unspecified atom stereocenters. The molecular formula is C34H35N6O14S5-. The summed E-state index contributed by atoms with van der Waals surface area (Å²) in [5.74, 6) is -5.03. The number of nitrogens with zero attached hydrogens (tertiary/aromatic N) is 6. The molecule has 1 N–H and O–H groups in total. The third-order valence-corrected chi connectivity index (χ3v) is 12.8. The highest BCUT2D eigenvalue weighted by molar-refractivity contribution is 7.91. The fourth-order valence-corrected chi connectivity index (χ4v) is 9.38. The molecule has 0 aliphatic heterocycles. The van der Waals surface area contributed by atoms with E-state index in [1.807, 2.05) is 0 Å². The van der Waals surface area contributed by atoms with E-state index in [0.29, 0.717) is 37.2 Å². The van der Waals surface area contributed by atoms with Crippen molar-refractivity contribution in [3.05, 3.63) is 113 Å². The Morgan fingerprint density at radius 3 is 1.47 bits per heavy atom. The fourth-order valence-electron chi connectivity index (χ4n) is 5.33. The molecule has 6 aromatic rings. The SMILES string of the molecule is COC(=O)CS(=O)(=O)Cc1nsc2ccc(-n3c(=O)cc(C)n(C)c3=O)cc12.CS(=O)[O-].Cc1cc(=O)n(-c2ccc3snc(CS(=O)(=O)CC(=O)O)c3c2)c(=O)n1C. The van der Waals surface area contributed by atoms with Crippen LogP contribution in [0.15, 0.2) is 67.7 Å². The van der Waals surface area contributed by atoms with E-state index in [-0.39, 0.29) is 17.1 Å². The number of aliphatic carboxylic acids is 1. The molecule has 0 saturated carbocycles. The summed E-state index contributed by atoms with van der Waals surface area (Å²) in [4.78, 5) is 71.6. The molecular weight excluding hydrogens is 877 g/mol. The first kappa shape index (κ1) is 46.2. The van der Waals surface area contributed by atoms with E-state index in [1.54, 1.807) is 58.3 Å². The summed E-state index contributed by atoms with van der Waals surface area (Å²) in [7, 11) is -3.45. The van der Waals surface area contributed by atoms with Crippen molar-refractivity contribution in [1.82, 2.24) is 27.0 Å². The van der Waals surface area contributed by atoms with Gasteiger partial charge in [-0.25, -0.2) is 35.6 Å². The zero-order valence-electron chi connectivity index (χ0n) is 31.9. The van der Waals surface area contributed by atoms with Crippen LogP contribution in [0.3, 0.4) is 0 Å². The number of carbonyl (C=O) groups is 2. The Labute approximate surface area is 345 Å². The van der Waals surface area contributed by atoms with Crippen LogP contribution in [0.25, 0.3) is 31.5 Å². The first-order valence-electron chi connectivity index (χ1n) is 16.5. The minimum atomic E-state index is -3.89. The van der Waals surface area contributed by atoms with Crippen molar-refractivity contribution in [2.45, 2.75) is 25.4 Å². The molecule has 59 heavy (non-hydrogen) atoms. The first-order valence-corrected chi connectivity index (χ1v) is 23.2. The molecule has 25 heteroatoms. The first-order chi connectivity index (χ1) is 27.4. The Hall–Kier alpha value is -5.47. The van der Waals surface area contributed by atoms with Crippen LogP contribution in [0.1, 0.15) is 22.8 Å². The normalized spacial score (nSPS) is 12.0. The molecule has 0 radical (unpaired) electrons. The van der Waals surface area contributed by atoms with E-state index in [0.717, 1.165) is 45.6 Å². The number of ether oxygens (including phenoxy) is 1. The van der Waals surface area contributed by atoms with Crippen LogP contribution in [0.2, 0.25) is 0 Å². The van der Waals surface area contributed by atoms with E-state index in [1.165, 1.54) is 27.3 Å². The van der Waals surface area contributed by atoms with Gasteiger partial charge in [0.15, 0.2) is 19.7 Å².